The topological polar surface area (TPSA) is 40.6 Å². The third-order valence-corrected chi connectivity index (χ3v) is 5.15. The lowest BCUT2D eigenvalue weighted by atomic mass is 10.2. The third kappa shape index (κ3) is 2.92. The van der Waals surface area contributed by atoms with Crippen molar-refractivity contribution in [2.75, 3.05) is 27.2 Å². The van der Waals surface area contributed by atoms with Crippen molar-refractivity contribution in [3.05, 3.63) is 0 Å². The summed E-state index contributed by atoms with van der Waals surface area (Å²) in [7, 11) is 0.904. The Kier molecular flexibility index (Phi) is 4.14. The smallest absolute Gasteiger partial charge is 0.216 e. The molecule has 0 N–H and O–H groups in total. The fourth-order valence-corrected chi connectivity index (χ4v) is 3.53. The molecule has 4 nitrogen and oxygen atoms in total. The highest BCUT2D eigenvalue weighted by Gasteiger charge is 2.35. The van der Waals surface area contributed by atoms with Gasteiger partial charge in [0.25, 0.3) is 0 Å². The van der Waals surface area contributed by atoms with E-state index in [2.05, 4.69) is 4.90 Å². The maximum absolute atomic E-state index is 12.0. The molecule has 0 aromatic rings. The van der Waals surface area contributed by atoms with Gasteiger partial charge in [0.05, 0.1) is 5.25 Å². The molecule has 1 fully saturated rings. The van der Waals surface area contributed by atoms with Crippen molar-refractivity contribution in [3.8, 4) is 0 Å². The fourth-order valence-electron chi connectivity index (χ4n) is 2.02. The van der Waals surface area contributed by atoms with Crippen LogP contribution in [0.2, 0.25) is 0 Å². The van der Waals surface area contributed by atoms with Gasteiger partial charge in [0.15, 0.2) is 0 Å². The standard InChI is InChI=1S/C10H22N2O2S/c1-9(2)15(13,14)12-7-5-6-10(12)8-11(3)4/h9-10H,5-8H2,1-4H3. The molecule has 1 heterocycles. The Balaban J connectivity index is 2.77. The fraction of sp³-hybridized carbons (Fsp3) is 1.00. The molecule has 1 atom stereocenters. The van der Waals surface area contributed by atoms with Crippen LogP contribution in [0, 0.1) is 0 Å². The van der Waals surface area contributed by atoms with Gasteiger partial charge in [0, 0.05) is 19.1 Å². The number of rotatable bonds is 4. The first-order valence-electron chi connectivity index (χ1n) is 5.51. The molecule has 90 valence electrons. The van der Waals surface area contributed by atoms with Crippen LogP contribution in [0.25, 0.3) is 0 Å². The molecule has 15 heavy (non-hydrogen) atoms. The van der Waals surface area contributed by atoms with Gasteiger partial charge in [-0.2, -0.15) is 4.31 Å². The predicted octanol–water partition coefficient (Wildman–Crippen LogP) is 0.751. The Labute approximate surface area is 93.3 Å². The molecule has 1 rings (SSSR count). The summed E-state index contributed by atoms with van der Waals surface area (Å²) < 4.78 is 25.8. The zero-order valence-corrected chi connectivity index (χ0v) is 10.9. The summed E-state index contributed by atoms with van der Waals surface area (Å²) in [4.78, 5) is 2.05. The first kappa shape index (κ1) is 12.9. The highest BCUT2D eigenvalue weighted by molar-refractivity contribution is 7.89. The van der Waals surface area contributed by atoms with Gasteiger partial charge in [-0.1, -0.05) is 0 Å². The summed E-state index contributed by atoms with van der Waals surface area (Å²) in [5.74, 6) is 0. The molecule has 5 heteroatoms. The molecule has 0 aromatic heterocycles. The molecule has 1 unspecified atom stereocenters. The Bertz CT molecular complexity index is 299. The summed E-state index contributed by atoms with van der Waals surface area (Å²) in [5, 5.41) is -0.305. The van der Waals surface area contributed by atoms with Crippen LogP contribution in [0.5, 0.6) is 0 Å². The van der Waals surface area contributed by atoms with Gasteiger partial charge in [0.2, 0.25) is 10.0 Å². The van der Waals surface area contributed by atoms with E-state index in [0.717, 1.165) is 19.4 Å². The van der Waals surface area contributed by atoms with E-state index in [1.165, 1.54) is 0 Å². The normalized spacial score (nSPS) is 24.3. The van der Waals surface area contributed by atoms with Crippen LogP contribution in [-0.4, -0.2) is 56.1 Å². The van der Waals surface area contributed by atoms with Crippen molar-refractivity contribution in [1.29, 1.82) is 0 Å². The van der Waals surface area contributed by atoms with E-state index in [1.807, 2.05) is 14.1 Å². The maximum atomic E-state index is 12.0. The number of likely N-dealkylation sites (N-methyl/N-ethyl adjacent to an activating group) is 1. The van der Waals surface area contributed by atoms with Crippen LogP contribution in [0.15, 0.2) is 0 Å². The molecular weight excluding hydrogens is 212 g/mol. The lowest BCUT2D eigenvalue weighted by Crippen LogP contribution is -2.44. The average Bonchev–Trinajstić information content (AvgIpc) is 2.51. The third-order valence-electron chi connectivity index (χ3n) is 2.82. The van der Waals surface area contributed by atoms with E-state index < -0.39 is 10.0 Å². The Hall–Kier alpha value is -0.130. The van der Waals surface area contributed by atoms with Crippen LogP contribution >= 0.6 is 0 Å². The average molecular weight is 234 g/mol. The minimum Gasteiger partial charge on any atom is -0.308 e. The van der Waals surface area contributed by atoms with Gasteiger partial charge in [-0.15, -0.1) is 0 Å². The molecule has 0 aromatic carbocycles. The zero-order chi connectivity index (χ0) is 11.6. The molecule has 1 saturated heterocycles. The monoisotopic (exact) mass is 234 g/mol. The van der Waals surface area contributed by atoms with Crippen molar-refractivity contribution < 1.29 is 8.42 Å². The lowest BCUT2D eigenvalue weighted by molar-refractivity contribution is 0.290. The Morgan fingerprint density at radius 3 is 2.47 bits per heavy atom. The van der Waals surface area contributed by atoms with Crippen molar-refractivity contribution in [2.24, 2.45) is 0 Å². The van der Waals surface area contributed by atoms with E-state index in [0.29, 0.717) is 6.54 Å². The number of hydrogen-bond acceptors (Lipinski definition) is 3. The van der Waals surface area contributed by atoms with E-state index >= 15 is 0 Å². The Morgan fingerprint density at radius 1 is 1.40 bits per heavy atom. The second-order valence-electron chi connectivity index (χ2n) is 4.76. The summed E-state index contributed by atoms with van der Waals surface area (Å²) in [6, 6.07) is 0.174. The molecule has 0 spiro atoms. The van der Waals surface area contributed by atoms with Crippen LogP contribution in [0.4, 0.5) is 0 Å². The van der Waals surface area contributed by atoms with Crippen molar-refractivity contribution >= 4 is 10.0 Å². The van der Waals surface area contributed by atoms with Gasteiger partial charge >= 0.3 is 0 Å². The molecule has 1 aliphatic rings. The molecule has 0 saturated carbocycles. The van der Waals surface area contributed by atoms with Crippen molar-refractivity contribution in [3.63, 3.8) is 0 Å². The SMILES string of the molecule is CC(C)S(=O)(=O)N1CCCC1CN(C)C. The molecular formula is C10H22N2O2S. The van der Waals surface area contributed by atoms with E-state index in [1.54, 1.807) is 18.2 Å². The quantitative estimate of drug-likeness (QED) is 0.721. The van der Waals surface area contributed by atoms with Gasteiger partial charge in [0.1, 0.15) is 0 Å². The predicted molar refractivity (Wildman–Crippen MR) is 62.3 cm³/mol. The first-order valence-corrected chi connectivity index (χ1v) is 7.01. The highest BCUT2D eigenvalue weighted by Crippen LogP contribution is 2.23. The summed E-state index contributed by atoms with van der Waals surface area (Å²) in [6.07, 6.45) is 1.98. The summed E-state index contributed by atoms with van der Waals surface area (Å²) >= 11 is 0. The van der Waals surface area contributed by atoms with Gasteiger partial charge < -0.3 is 4.90 Å². The minimum atomic E-state index is -3.06. The van der Waals surface area contributed by atoms with Crippen LogP contribution < -0.4 is 0 Å². The molecule has 0 amide bonds. The first-order chi connectivity index (χ1) is 6.85. The highest BCUT2D eigenvalue weighted by atomic mass is 32.2. The van der Waals surface area contributed by atoms with Crippen molar-refractivity contribution in [1.82, 2.24) is 9.21 Å². The largest absolute Gasteiger partial charge is 0.308 e. The van der Waals surface area contributed by atoms with Gasteiger partial charge in [-0.05, 0) is 40.8 Å². The van der Waals surface area contributed by atoms with Crippen LogP contribution in [-0.2, 0) is 10.0 Å². The second kappa shape index (κ2) is 4.80. The van der Waals surface area contributed by atoms with E-state index in [9.17, 15) is 8.42 Å². The van der Waals surface area contributed by atoms with Crippen LogP contribution in [0.1, 0.15) is 26.7 Å². The van der Waals surface area contributed by atoms with Crippen LogP contribution in [0.3, 0.4) is 0 Å². The number of hydrogen-bond donors (Lipinski definition) is 0. The molecule has 1 aliphatic heterocycles. The maximum Gasteiger partial charge on any atom is 0.216 e. The second-order valence-corrected chi connectivity index (χ2v) is 7.20. The van der Waals surface area contributed by atoms with Gasteiger partial charge in [-0.3, -0.25) is 0 Å². The summed E-state index contributed by atoms with van der Waals surface area (Å²) in [6.45, 7) is 5.02. The zero-order valence-electron chi connectivity index (χ0n) is 10.1. The number of sulfonamides is 1. The minimum absolute atomic E-state index is 0.174. The lowest BCUT2D eigenvalue weighted by Gasteiger charge is -2.27. The van der Waals surface area contributed by atoms with Gasteiger partial charge in [-0.25, -0.2) is 8.42 Å². The van der Waals surface area contributed by atoms with E-state index in [-0.39, 0.29) is 11.3 Å². The number of nitrogens with zero attached hydrogens (tertiary/aromatic N) is 2. The van der Waals surface area contributed by atoms with E-state index in [4.69, 9.17) is 0 Å². The molecule has 0 radical (unpaired) electrons. The summed E-state index contributed by atoms with van der Waals surface area (Å²) in [5.41, 5.74) is 0. The molecule has 0 aliphatic carbocycles. The molecule has 0 bridgehead atoms. The Morgan fingerprint density at radius 2 is 2.00 bits per heavy atom. The van der Waals surface area contributed by atoms with Crippen molar-refractivity contribution in [2.45, 2.75) is 38.0 Å².